The number of hydrogen-bond acceptors (Lipinski definition) is 5. The Hall–Kier alpha value is -2.44. The number of carbonyl (C=O) groups excluding carboxylic acids is 1. The van der Waals surface area contributed by atoms with Crippen LogP contribution in [-0.4, -0.2) is 28.4 Å². The van der Waals surface area contributed by atoms with Gasteiger partial charge in [0.1, 0.15) is 17.2 Å². The van der Waals surface area contributed by atoms with Crippen molar-refractivity contribution >= 4 is 34.8 Å². The largest absolute Gasteiger partial charge is 0.508 e. The van der Waals surface area contributed by atoms with Gasteiger partial charge in [0.2, 0.25) is 0 Å². The summed E-state index contributed by atoms with van der Waals surface area (Å²) in [6, 6.07) is 8.73. The average molecular weight is 369 g/mol. The van der Waals surface area contributed by atoms with Crippen LogP contribution in [0.2, 0.25) is 10.0 Å². The number of benzene rings is 2. The molecule has 24 heavy (non-hydrogen) atoms. The van der Waals surface area contributed by atoms with E-state index in [1.165, 1.54) is 24.3 Å². The number of phenolic OH excluding ortho intramolecular Hbond substituents is 2. The summed E-state index contributed by atoms with van der Waals surface area (Å²) < 4.78 is 5.28. The minimum Gasteiger partial charge on any atom is -0.508 e. The zero-order chi connectivity index (χ0) is 17.7. The zero-order valence-electron chi connectivity index (χ0n) is 12.6. The van der Waals surface area contributed by atoms with Gasteiger partial charge in [0.15, 0.2) is 6.61 Å². The molecule has 0 aliphatic heterocycles. The Bertz CT molecular complexity index is 794. The van der Waals surface area contributed by atoms with E-state index in [2.05, 4.69) is 10.5 Å². The molecular weight excluding hydrogens is 355 g/mol. The zero-order valence-corrected chi connectivity index (χ0v) is 14.1. The lowest BCUT2D eigenvalue weighted by Gasteiger charge is -2.08. The topological polar surface area (TPSA) is 91.2 Å². The van der Waals surface area contributed by atoms with Gasteiger partial charge in [-0.25, -0.2) is 5.43 Å². The van der Waals surface area contributed by atoms with Crippen LogP contribution in [0.25, 0.3) is 0 Å². The van der Waals surface area contributed by atoms with Crippen molar-refractivity contribution in [2.75, 3.05) is 6.61 Å². The molecule has 0 saturated heterocycles. The van der Waals surface area contributed by atoms with Gasteiger partial charge in [0, 0.05) is 16.7 Å². The first-order valence-corrected chi connectivity index (χ1v) is 7.55. The molecule has 0 spiro atoms. The molecule has 0 unspecified atom stereocenters. The smallest absolute Gasteiger partial charge is 0.277 e. The van der Waals surface area contributed by atoms with Crippen LogP contribution in [0.15, 0.2) is 41.5 Å². The van der Waals surface area contributed by atoms with E-state index in [-0.39, 0.29) is 18.1 Å². The number of carbonyl (C=O) groups is 1. The van der Waals surface area contributed by atoms with Crippen molar-refractivity contribution in [3.8, 4) is 17.2 Å². The molecule has 0 bridgehead atoms. The number of halogens is 2. The van der Waals surface area contributed by atoms with Crippen LogP contribution in [0.4, 0.5) is 0 Å². The highest BCUT2D eigenvalue weighted by Crippen LogP contribution is 2.27. The molecule has 2 rings (SSSR count). The second-order valence-electron chi connectivity index (χ2n) is 4.80. The monoisotopic (exact) mass is 368 g/mol. The Kier molecular flexibility index (Phi) is 5.89. The van der Waals surface area contributed by atoms with Gasteiger partial charge >= 0.3 is 0 Å². The Morgan fingerprint density at radius 3 is 2.62 bits per heavy atom. The molecule has 0 atom stereocenters. The number of ether oxygens (including phenoxy) is 1. The van der Waals surface area contributed by atoms with E-state index in [0.29, 0.717) is 27.1 Å². The molecular formula is C16H14Cl2N2O4. The Labute approximate surface area is 148 Å². The highest BCUT2D eigenvalue weighted by molar-refractivity contribution is 6.35. The fourth-order valence-corrected chi connectivity index (χ4v) is 2.26. The lowest BCUT2D eigenvalue weighted by Crippen LogP contribution is -2.25. The van der Waals surface area contributed by atoms with Crippen LogP contribution >= 0.6 is 23.2 Å². The molecule has 8 heteroatoms. The number of hydrazone groups is 1. The highest BCUT2D eigenvalue weighted by atomic mass is 35.5. The van der Waals surface area contributed by atoms with Crippen molar-refractivity contribution in [2.24, 2.45) is 5.10 Å². The fourth-order valence-electron chi connectivity index (χ4n) is 1.80. The molecule has 0 fully saturated rings. The summed E-state index contributed by atoms with van der Waals surface area (Å²) in [5, 5.41) is 23.6. The summed E-state index contributed by atoms with van der Waals surface area (Å²) >= 11 is 11.7. The maximum Gasteiger partial charge on any atom is 0.277 e. The normalized spacial score (nSPS) is 11.2. The SMILES string of the molecule is CC(=NNC(=O)COc1ccc(Cl)cc1Cl)c1ccc(O)cc1O. The van der Waals surface area contributed by atoms with E-state index in [0.717, 1.165) is 0 Å². The minimum absolute atomic E-state index is 0.0682. The molecule has 2 aromatic carbocycles. The van der Waals surface area contributed by atoms with Crippen LogP contribution in [0.3, 0.4) is 0 Å². The maximum atomic E-state index is 11.8. The molecule has 0 aliphatic rings. The predicted octanol–water partition coefficient (Wildman–Crippen LogP) is 3.32. The van der Waals surface area contributed by atoms with Crippen molar-refractivity contribution in [3.63, 3.8) is 0 Å². The van der Waals surface area contributed by atoms with Gasteiger partial charge < -0.3 is 14.9 Å². The van der Waals surface area contributed by atoms with Crippen molar-refractivity contribution in [1.29, 1.82) is 0 Å². The molecule has 3 N–H and O–H groups in total. The number of amides is 1. The molecule has 0 radical (unpaired) electrons. The van der Waals surface area contributed by atoms with E-state index >= 15 is 0 Å². The molecule has 1 amide bonds. The number of hydrogen-bond donors (Lipinski definition) is 3. The van der Waals surface area contributed by atoms with Gasteiger partial charge in [0.05, 0.1) is 10.7 Å². The van der Waals surface area contributed by atoms with Crippen molar-refractivity contribution in [3.05, 3.63) is 52.0 Å². The first-order valence-electron chi connectivity index (χ1n) is 6.80. The maximum absolute atomic E-state index is 11.8. The Balaban J connectivity index is 1.94. The van der Waals surface area contributed by atoms with Crippen LogP contribution in [-0.2, 0) is 4.79 Å². The number of nitrogens with one attached hydrogen (secondary N) is 1. The average Bonchev–Trinajstić information content (AvgIpc) is 2.51. The van der Waals surface area contributed by atoms with Crippen LogP contribution in [0.5, 0.6) is 17.2 Å². The quantitative estimate of drug-likeness (QED) is 0.557. The number of rotatable bonds is 5. The summed E-state index contributed by atoms with van der Waals surface area (Å²) in [5.74, 6) is -0.386. The standard InChI is InChI=1S/C16H14Cl2N2O4/c1-9(12-4-3-11(21)7-14(12)22)19-20-16(23)8-24-15-5-2-10(17)6-13(15)18/h2-7,21-22H,8H2,1H3,(H,20,23). The minimum atomic E-state index is -0.501. The number of aromatic hydroxyl groups is 2. The van der Waals surface area contributed by atoms with Gasteiger partial charge in [0.25, 0.3) is 5.91 Å². The molecule has 0 heterocycles. The van der Waals surface area contributed by atoms with Gasteiger partial charge in [-0.15, -0.1) is 0 Å². The first-order chi connectivity index (χ1) is 11.4. The van der Waals surface area contributed by atoms with E-state index in [1.807, 2.05) is 0 Å². The Morgan fingerprint density at radius 1 is 1.21 bits per heavy atom. The summed E-state index contributed by atoms with van der Waals surface area (Å²) in [4.78, 5) is 11.8. The van der Waals surface area contributed by atoms with E-state index < -0.39 is 5.91 Å². The molecule has 126 valence electrons. The van der Waals surface area contributed by atoms with Crippen molar-refractivity contribution in [1.82, 2.24) is 5.43 Å². The van der Waals surface area contributed by atoms with E-state index in [1.54, 1.807) is 19.1 Å². The number of phenols is 2. The molecule has 0 saturated carbocycles. The molecule has 0 aromatic heterocycles. The van der Waals surface area contributed by atoms with Gasteiger partial charge in [-0.2, -0.15) is 5.10 Å². The van der Waals surface area contributed by atoms with Crippen LogP contribution in [0, 0.1) is 0 Å². The Morgan fingerprint density at radius 2 is 1.96 bits per heavy atom. The van der Waals surface area contributed by atoms with Crippen molar-refractivity contribution in [2.45, 2.75) is 6.92 Å². The second kappa shape index (κ2) is 7.90. The van der Waals surface area contributed by atoms with Crippen molar-refractivity contribution < 1.29 is 19.7 Å². The third-order valence-corrected chi connectivity index (χ3v) is 3.50. The summed E-state index contributed by atoms with van der Waals surface area (Å²) in [5.41, 5.74) is 3.06. The van der Waals surface area contributed by atoms with Gasteiger partial charge in [-0.1, -0.05) is 23.2 Å². The predicted molar refractivity (Wildman–Crippen MR) is 92.1 cm³/mol. The van der Waals surface area contributed by atoms with Gasteiger partial charge in [-0.05, 0) is 37.3 Å². The third-order valence-electron chi connectivity index (χ3n) is 2.97. The number of nitrogens with zero attached hydrogens (tertiary/aromatic N) is 1. The highest BCUT2D eigenvalue weighted by Gasteiger charge is 2.08. The van der Waals surface area contributed by atoms with Crippen LogP contribution < -0.4 is 10.2 Å². The van der Waals surface area contributed by atoms with Gasteiger partial charge in [-0.3, -0.25) is 4.79 Å². The lowest BCUT2D eigenvalue weighted by molar-refractivity contribution is -0.123. The molecule has 6 nitrogen and oxygen atoms in total. The molecule has 2 aromatic rings. The third kappa shape index (κ3) is 4.78. The lowest BCUT2D eigenvalue weighted by atomic mass is 10.1. The first kappa shape index (κ1) is 17.9. The summed E-state index contributed by atoms with van der Waals surface area (Å²) in [7, 11) is 0. The second-order valence-corrected chi connectivity index (χ2v) is 5.64. The summed E-state index contributed by atoms with van der Waals surface area (Å²) in [6.45, 7) is 1.31. The summed E-state index contributed by atoms with van der Waals surface area (Å²) in [6.07, 6.45) is 0. The fraction of sp³-hybridized carbons (Fsp3) is 0.125. The van der Waals surface area contributed by atoms with Crippen LogP contribution in [0.1, 0.15) is 12.5 Å². The van der Waals surface area contributed by atoms with E-state index in [4.69, 9.17) is 27.9 Å². The van der Waals surface area contributed by atoms with E-state index in [9.17, 15) is 15.0 Å². The molecule has 0 aliphatic carbocycles.